The molecule has 0 atom stereocenters. The number of aromatic nitrogens is 2. The van der Waals surface area contributed by atoms with Crippen molar-refractivity contribution in [1.29, 1.82) is 0 Å². The number of imidazole rings is 1. The zero-order chi connectivity index (χ0) is 8.97. The van der Waals surface area contributed by atoms with Crippen LogP contribution in [0.4, 0.5) is 0 Å². The maximum Gasteiger partial charge on any atom is 0.317 e. The summed E-state index contributed by atoms with van der Waals surface area (Å²) >= 11 is 1.70. The Labute approximate surface area is 88.5 Å². The van der Waals surface area contributed by atoms with Gasteiger partial charge in [0.25, 0.3) is 0 Å². The summed E-state index contributed by atoms with van der Waals surface area (Å²) in [5, 5.41) is 1.18. The Morgan fingerprint density at radius 3 is 2.85 bits per heavy atom. The van der Waals surface area contributed by atoms with Crippen LogP contribution in [-0.2, 0) is 18.9 Å². The number of aryl methyl sites for hydroxylation is 2. The number of hydrogen-bond donors (Lipinski definition) is 0. The standard InChI is InChI=1S/C8H13N2OS.ClH/c1-9-4-5-10(2)8(9)12-7-3-6-11;/h4-6H,3,7H2,1-2H3;1H/q+1;/p-1. The number of carbonyl (C=O) groups excluding carboxylic acids is 1. The lowest BCUT2D eigenvalue weighted by atomic mass is 10.6. The number of thioether (sulfide) groups is 1. The average Bonchev–Trinajstić information content (AvgIpc) is 2.35. The summed E-state index contributed by atoms with van der Waals surface area (Å²) in [7, 11) is 4.01. The molecule has 0 bridgehead atoms. The first-order chi connectivity index (χ1) is 5.75. The third-order valence-corrected chi connectivity index (χ3v) is 2.86. The molecule has 0 spiro atoms. The number of rotatable bonds is 4. The molecule has 0 saturated carbocycles. The first-order valence-electron chi connectivity index (χ1n) is 3.83. The van der Waals surface area contributed by atoms with Crippen molar-refractivity contribution in [2.75, 3.05) is 5.75 Å². The molecule has 0 N–H and O–H groups in total. The van der Waals surface area contributed by atoms with Gasteiger partial charge in [-0.05, 0) is 11.8 Å². The van der Waals surface area contributed by atoms with Crippen LogP contribution in [0.5, 0.6) is 0 Å². The normalized spacial score (nSPS) is 9.38. The minimum atomic E-state index is 0. The van der Waals surface area contributed by atoms with Gasteiger partial charge in [-0.15, -0.1) is 0 Å². The fraction of sp³-hybridized carbons (Fsp3) is 0.500. The summed E-state index contributed by atoms with van der Waals surface area (Å²) in [5.41, 5.74) is 0. The minimum absolute atomic E-state index is 0. The van der Waals surface area contributed by atoms with E-state index in [9.17, 15) is 4.79 Å². The largest absolute Gasteiger partial charge is 1.00 e. The average molecular weight is 221 g/mol. The fourth-order valence-corrected chi connectivity index (χ4v) is 1.90. The first kappa shape index (κ1) is 12.5. The topological polar surface area (TPSA) is 25.9 Å². The zero-order valence-corrected chi connectivity index (χ0v) is 9.31. The van der Waals surface area contributed by atoms with E-state index >= 15 is 0 Å². The molecule has 3 nitrogen and oxygen atoms in total. The highest BCUT2D eigenvalue weighted by Gasteiger charge is 2.10. The van der Waals surface area contributed by atoms with Gasteiger partial charge in [-0.25, -0.2) is 9.13 Å². The van der Waals surface area contributed by atoms with Gasteiger partial charge >= 0.3 is 5.16 Å². The zero-order valence-electron chi connectivity index (χ0n) is 7.74. The SMILES string of the molecule is Cn1cc[n+](C)c1SCCC=O.[Cl-]. The number of hydrogen-bond acceptors (Lipinski definition) is 2. The quantitative estimate of drug-likeness (QED) is 0.244. The molecule has 13 heavy (non-hydrogen) atoms. The third-order valence-electron chi connectivity index (χ3n) is 1.58. The first-order valence-corrected chi connectivity index (χ1v) is 4.81. The molecular weight excluding hydrogens is 208 g/mol. The lowest BCUT2D eigenvalue weighted by molar-refractivity contribution is -0.709. The van der Waals surface area contributed by atoms with Crippen molar-refractivity contribution >= 4 is 18.0 Å². The molecule has 0 fully saturated rings. The minimum Gasteiger partial charge on any atom is -1.00 e. The second-order valence-corrected chi connectivity index (χ2v) is 3.67. The van der Waals surface area contributed by atoms with E-state index in [1.807, 2.05) is 26.5 Å². The highest BCUT2D eigenvalue weighted by Crippen LogP contribution is 2.12. The smallest absolute Gasteiger partial charge is 0.317 e. The molecule has 1 heterocycles. The summed E-state index contributed by atoms with van der Waals surface area (Å²) in [5.74, 6) is 0.856. The number of carbonyl (C=O) groups is 1. The molecule has 0 aliphatic carbocycles. The summed E-state index contributed by atoms with van der Waals surface area (Å²) in [6.07, 6.45) is 5.58. The Balaban J connectivity index is 0.00000144. The highest BCUT2D eigenvalue weighted by atomic mass is 35.5. The second-order valence-electron chi connectivity index (χ2n) is 2.61. The molecule has 74 valence electrons. The summed E-state index contributed by atoms with van der Waals surface area (Å²) in [6.45, 7) is 0. The van der Waals surface area contributed by atoms with Crippen LogP contribution in [0.15, 0.2) is 17.6 Å². The summed E-state index contributed by atoms with van der Waals surface area (Å²) < 4.78 is 4.10. The Kier molecular flexibility index (Phi) is 5.82. The van der Waals surface area contributed by atoms with Gasteiger partial charge in [0.05, 0.1) is 14.1 Å². The molecule has 1 aromatic heterocycles. The maximum absolute atomic E-state index is 10.1. The van der Waals surface area contributed by atoms with Gasteiger partial charge in [0, 0.05) is 12.2 Å². The molecule has 0 radical (unpaired) electrons. The Morgan fingerprint density at radius 1 is 1.69 bits per heavy atom. The molecule has 0 unspecified atom stereocenters. The van der Waals surface area contributed by atoms with Gasteiger partial charge < -0.3 is 17.2 Å². The van der Waals surface area contributed by atoms with Crippen LogP contribution in [0, 0.1) is 0 Å². The molecule has 1 aromatic rings. The predicted molar refractivity (Wildman–Crippen MR) is 48.0 cm³/mol. The van der Waals surface area contributed by atoms with E-state index in [-0.39, 0.29) is 12.4 Å². The molecule has 5 heteroatoms. The van der Waals surface area contributed by atoms with E-state index in [0.717, 1.165) is 12.0 Å². The van der Waals surface area contributed by atoms with E-state index < -0.39 is 0 Å². The molecule has 0 saturated heterocycles. The van der Waals surface area contributed by atoms with E-state index in [1.54, 1.807) is 11.8 Å². The van der Waals surface area contributed by atoms with Crippen LogP contribution in [0.3, 0.4) is 0 Å². The lowest BCUT2D eigenvalue weighted by Gasteiger charge is -1.94. The van der Waals surface area contributed by atoms with Crippen LogP contribution in [0.2, 0.25) is 0 Å². The van der Waals surface area contributed by atoms with Crippen LogP contribution < -0.4 is 17.0 Å². The highest BCUT2D eigenvalue weighted by molar-refractivity contribution is 7.99. The van der Waals surface area contributed by atoms with Crippen molar-refractivity contribution in [3.63, 3.8) is 0 Å². The second kappa shape index (κ2) is 6.05. The summed E-state index contributed by atoms with van der Waals surface area (Å²) in [6, 6.07) is 0. The van der Waals surface area contributed by atoms with Crippen molar-refractivity contribution in [2.45, 2.75) is 11.6 Å². The number of nitrogens with zero attached hydrogens (tertiary/aromatic N) is 2. The molecule has 0 amide bonds. The monoisotopic (exact) mass is 220 g/mol. The van der Waals surface area contributed by atoms with Crippen LogP contribution in [0.25, 0.3) is 0 Å². The number of aldehydes is 1. The molecule has 0 aliphatic heterocycles. The van der Waals surface area contributed by atoms with Crippen LogP contribution in [-0.4, -0.2) is 16.6 Å². The Hall–Kier alpha value is -0.480. The van der Waals surface area contributed by atoms with Crippen LogP contribution in [0.1, 0.15) is 6.42 Å². The van der Waals surface area contributed by atoms with Crippen LogP contribution >= 0.6 is 11.8 Å². The Morgan fingerprint density at radius 2 is 2.38 bits per heavy atom. The Bertz CT molecular complexity index is 256. The fourth-order valence-electron chi connectivity index (χ4n) is 0.978. The van der Waals surface area contributed by atoms with Crippen molar-refractivity contribution in [3.05, 3.63) is 12.4 Å². The lowest BCUT2D eigenvalue weighted by Crippen LogP contribution is -3.00. The molecule has 0 aliphatic rings. The van der Waals surface area contributed by atoms with Gasteiger partial charge in [0.1, 0.15) is 18.7 Å². The predicted octanol–water partition coefficient (Wildman–Crippen LogP) is -2.47. The van der Waals surface area contributed by atoms with Gasteiger partial charge in [-0.3, -0.25) is 0 Å². The van der Waals surface area contributed by atoms with Crippen molar-refractivity contribution in [2.24, 2.45) is 14.1 Å². The molecular formula is C8H13ClN2OS. The van der Waals surface area contributed by atoms with E-state index in [0.29, 0.717) is 6.42 Å². The van der Waals surface area contributed by atoms with Gasteiger partial charge in [0.15, 0.2) is 0 Å². The molecule has 1 rings (SSSR count). The van der Waals surface area contributed by atoms with E-state index in [2.05, 4.69) is 9.13 Å². The maximum atomic E-state index is 10.1. The van der Waals surface area contributed by atoms with E-state index in [1.165, 1.54) is 5.16 Å². The van der Waals surface area contributed by atoms with E-state index in [4.69, 9.17) is 0 Å². The van der Waals surface area contributed by atoms with Crippen molar-refractivity contribution in [1.82, 2.24) is 4.57 Å². The third kappa shape index (κ3) is 3.40. The van der Waals surface area contributed by atoms with Crippen molar-refractivity contribution in [3.8, 4) is 0 Å². The van der Waals surface area contributed by atoms with Crippen molar-refractivity contribution < 1.29 is 21.8 Å². The summed E-state index contributed by atoms with van der Waals surface area (Å²) in [4.78, 5) is 10.1. The number of halogens is 1. The molecule has 0 aromatic carbocycles. The van der Waals surface area contributed by atoms with Gasteiger partial charge in [-0.1, -0.05) is 0 Å². The van der Waals surface area contributed by atoms with Gasteiger partial charge in [0.2, 0.25) is 0 Å². The van der Waals surface area contributed by atoms with Gasteiger partial charge in [-0.2, -0.15) is 0 Å².